The standard InChI is InChI=1S/C18H33N5O3.HI/c1-4-19-17(21-12-18(7-10-24)8-11-25-13-18)20-9-5-6-15-22-16(14(2)3)23-26-15;/h14,24H,4-13H2,1-3H3,(H2,19,20,21);1H. The van der Waals surface area contributed by atoms with Gasteiger partial charge in [0.1, 0.15) is 0 Å². The Morgan fingerprint density at radius 3 is 2.78 bits per heavy atom. The molecule has 0 aromatic carbocycles. The fourth-order valence-corrected chi connectivity index (χ4v) is 2.93. The van der Waals surface area contributed by atoms with Crippen molar-refractivity contribution in [3.05, 3.63) is 11.7 Å². The van der Waals surface area contributed by atoms with Crippen molar-refractivity contribution in [1.29, 1.82) is 0 Å². The first-order chi connectivity index (χ1) is 12.6. The predicted octanol–water partition coefficient (Wildman–Crippen LogP) is 2.09. The summed E-state index contributed by atoms with van der Waals surface area (Å²) in [5.41, 5.74) is -0.0336. The predicted molar refractivity (Wildman–Crippen MR) is 116 cm³/mol. The van der Waals surface area contributed by atoms with Crippen LogP contribution in [0.25, 0.3) is 0 Å². The van der Waals surface area contributed by atoms with Crippen molar-refractivity contribution in [3.63, 3.8) is 0 Å². The number of hydrogen-bond acceptors (Lipinski definition) is 6. The molecule has 1 aliphatic heterocycles. The number of aryl methyl sites for hydroxylation is 1. The summed E-state index contributed by atoms with van der Waals surface area (Å²) in [6.45, 7) is 9.98. The molecule has 1 saturated heterocycles. The van der Waals surface area contributed by atoms with E-state index in [1.807, 2.05) is 20.8 Å². The zero-order valence-corrected chi connectivity index (χ0v) is 19.0. The van der Waals surface area contributed by atoms with Crippen LogP contribution >= 0.6 is 24.0 Å². The van der Waals surface area contributed by atoms with Crippen LogP contribution in [0.4, 0.5) is 0 Å². The van der Waals surface area contributed by atoms with Gasteiger partial charge in [-0.1, -0.05) is 19.0 Å². The van der Waals surface area contributed by atoms with E-state index in [1.54, 1.807) is 0 Å². The molecule has 1 aliphatic rings. The topological polar surface area (TPSA) is 105 Å². The number of aromatic nitrogens is 2. The molecule has 2 rings (SSSR count). The molecule has 2 heterocycles. The Labute approximate surface area is 178 Å². The highest BCUT2D eigenvalue weighted by Gasteiger charge is 2.34. The molecule has 1 aromatic heterocycles. The number of aliphatic hydroxyl groups excluding tert-OH is 1. The van der Waals surface area contributed by atoms with Gasteiger partial charge in [-0.3, -0.25) is 4.99 Å². The van der Waals surface area contributed by atoms with Crippen molar-refractivity contribution in [2.24, 2.45) is 10.4 Å². The van der Waals surface area contributed by atoms with Gasteiger partial charge in [-0.2, -0.15) is 4.98 Å². The third kappa shape index (κ3) is 7.90. The van der Waals surface area contributed by atoms with E-state index in [2.05, 4.69) is 20.8 Å². The number of aliphatic imine (C=N–C) groups is 1. The Morgan fingerprint density at radius 1 is 1.37 bits per heavy atom. The summed E-state index contributed by atoms with van der Waals surface area (Å²) in [4.78, 5) is 9.10. The van der Waals surface area contributed by atoms with Gasteiger partial charge in [0.15, 0.2) is 11.8 Å². The highest BCUT2D eigenvalue weighted by molar-refractivity contribution is 14.0. The van der Waals surface area contributed by atoms with E-state index in [-0.39, 0.29) is 41.9 Å². The monoisotopic (exact) mass is 495 g/mol. The average molecular weight is 495 g/mol. The molecule has 0 amide bonds. The summed E-state index contributed by atoms with van der Waals surface area (Å²) in [6.07, 6.45) is 3.31. The highest BCUT2D eigenvalue weighted by atomic mass is 127. The molecule has 1 atom stereocenters. The van der Waals surface area contributed by atoms with Crippen LogP contribution in [-0.2, 0) is 11.2 Å². The first-order valence-electron chi connectivity index (χ1n) is 9.62. The van der Waals surface area contributed by atoms with Gasteiger partial charge < -0.3 is 25.0 Å². The maximum absolute atomic E-state index is 9.32. The molecule has 9 heteroatoms. The van der Waals surface area contributed by atoms with E-state index in [4.69, 9.17) is 14.3 Å². The van der Waals surface area contributed by atoms with Gasteiger partial charge in [-0.25, -0.2) is 0 Å². The summed E-state index contributed by atoms with van der Waals surface area (Å²) in [6, 6.07) is 0. The SMILES string of the molecule is CCNC(=NCC1(CCO)CCOC1)NCCCc1nc(C(C)C)no1.I. The third-order valence-corrected chi connectivity index (χ3v) is 4.60. The zero-order chi connectivity index (χ0) is 18.8. The van der Waals surface area contributed by atoms with E-state index >= 15 is 0 Å². The molecule has 0 saturated carbocycles. The van der Waals surface area contributed by atoms with Crippen molar-refractivity contribution in [2.45, 2.75) is 52.4 Å². The molecule has 1 fully saturated rings. The van der Waals surface area contributed by atoms with Gasteiger partial charge in [0.25, 0.3) is 0 Å². The van der Waals surface area contributed by atoms with Crippen LogP contribution in [0.2, 0.25) is 0 Å². The summed E-state index contributed by atoms with van der Waals surface area (Å²) < 4.78 is 10.8. The number of aliphatic hydroxyl groups is 1. The van der Waals surface area contributed by atoms with Crippen molar-refractivity contribution >= 4 is 29.9 Å². The smallest absolute Gasteiger partial charge is 0.226 e. The molecule has 1 unspecified atom stereocenters. The molecule has 0 aliphatic carbocycles. The van der Waals surface area contributed by atoms with Crippen molar-refractivity contribution in [1.82, 2.24) is 20.8 Å². The first-order valence-corrected chi connectivity index (χ1v) is 9.62. The summed E-state index contributed by atoms with van der Waals surface area (Å²) >= 11 is 0. The second-order valence-electron chi connectivity index (χ2n) is 7.20. The Morgan fingerprint density at radius 2 is 2.19 bits per heavy atom. The number of hydrogen-bond donors (Lipinski definition) is 3. The zero-order valence-electron chi connectivity index (χ0n) is 16.7. The lowest BCUT2D eigenvalue weighted by molar-refractivity contribution is 0.131. The maximum Gasteiger partial charge on any atom is 0.226 e. The molecule has 3 N–H and O–H groups in total. The van der Waals surface area contributed by atoms with Gasteiger partial charge in [0.2, 0.25) is 5.89 Å². The Balaban J connectivity index is 0.00000364. The van der Waals surface area contributed by atoms with Gasteiger partial charge in [0, 0.05) is 44.1 Å². The summed E-state index contributed by atoms with van der Waals surface area (Å²) in [7, 11) is 0. The number of halogens is 1. The van der Waals surface area contributed by atoms with Crippen LogP contribution in [0.5, 0.6) is 0 Å². The second kappa shape index (κ2) is 12.5. The van der Waals surface area contributed by atoms with E-state index in [1.165, 1.54) is 0 Å². The van der Waals surface area contributed by atoms with Crippen LogP contribution in [-0.4, -0.2) is 60.7 Å². The first kappa shape index (κ1) is 24.1. The van der Waals surface area contributed by atoms with E-state index in [9.17, 15) is 5.11 Å². The lowest BCUT2D eigenvalue weighted by Gasteiger charge is -2.24. The second-order valence-corrected chi connectivity index (χ2v) is 7.20. The number of rotatable bonds is 10. The van der Waals surface area contributed by atoms with Gasteiger partial charge >= 0.3 is 0 Å². The maximum atomic E-state index is 9.32. The van der Waals surface area contributed by atoms with Crippen LogP contribution < -0.4 is 10.6 Å². The van der Waals surface area contributed by atoms with Crippen LogP contribution in [0, 0.1) is 5.41 Å². The van der Waals surface area contributed by atoms with Gasteiger partial charge in [0.05, 0.1) is 13.2 Å². The lowest BCUT2D eigenvalue weighted by Crippen LogP contribution is -2.39. The minimum Gasteiger partial charge on any atom is -0.396 e. The third-order valence-electron chi connectivity index (χ3n) is 4.60. The molecule has 8 nitrogen and oxygen atoms in total. The number of nitrogens with zero attached hydrogens (tertiary/aromatic N) is 3. The summed E-state index contributed by atoms with van der Waals surface area (Å²) in [5, 5.41) is 19.9. The average Bonchev–Trinajstić information content (AvgIpc) is 3.27. The highest BCUT2D eigenvalue weighted by Crippen LogP contribution is 2.32. The fraction of sp³-hybridized carbons (Fsp3) is 0.833. The Bertz CT molecular complexity index is 559. The van der Waals surface area contributed by atoms with Crippen molar-refractivity contribution in [2.75, 3.05) is 39.5 Å². The van der Waals surface area contributed by atoms with Gasteiger partial charge in [-0.15, -0.1) is 24.0 Å². The molecule has 0 spiro atoms. The largest absolute Gasteiger partial charge is 0.396 e. The van der Waals surface area contributed by atoms with Crippen LogP contribution in [0.1, 0.15) is 57.7 Å². The minimum atomic E-state index is -0.0336. The Kier molecular flexibility index (Phi) is 11.2. The molecular weight excluding hydrogens is 461 g/mol. The van der Waals surface area contributed by atoms with Crippen LogP contribution in [0.15, 0.2) is 9.52 Å². The number of guanidine groups is 1. The normalized spacial score (nSPS) is 20.0. The number of ether oxygens (including phenoxy) is 1. The summed E-state index contributed by atoms with van der Waals surface area (Å²) in [5.74, 6) is 2.52. The van der Waals surface area contributed by atoms with Crippen LogP contribution in [0.3, 0.4) is 0 Å². The van der Waals surface area contributed by atoms with Gasteiger partial charge in [-0.05, 0) is 26.2 Å². The van der Waals surface area contributed by atoms with E-state index in [0.29, 0.717) is 19.0 Å². The minimum absolute atomic E-state index is 0. The number of nitrogens with one attached hydrogen (secondary N) is 2. The van der Waals surface area contributed by atoms with Crippen molar-refractivity contribution < 1.29 is 14.4 Å². The molecule has 156 valence electrons. The molecule has 1 aromatic rings. The van der Waals surface area contributed by atoms with E-state index in [0.717, 1.165) is 57.2 Å². The van der Waals surface area contributed by atoms with Crippen molar-refractivity contribution in [3.8, 4) is 0 Å². The quantitative estimate of drug-likeness (QED) is 0.198. The Hall–Kier alpha value is -0.940. The molecular formula is C18H34IN5O3. The van der Waals surface area contributed by atoms with E-state index < -0.39 is 0 Å². The molecule has 0 radical (unpaired) electrons. The molecule has 27 heavy (non-hydrogen) atoms. The lowest BCUT2D eigenvalue weighted by atomic mass is 9.84. The fourth-order valence-electron chi connectivity index (χ4n) is 2.93. The molecule has 0 bridgehead atoms.